The third kappa shape index (κ3) is 2.62. The first-order chi connectivity index (χ1) is 5.72. The highest BCUT2D eigenvalue weighted by atomic mass is 35.5. The first-order valence-corrected chi connectivity index (χ1v) is 3.94. The van der Waals surface area contributed by atoms with Gasteiger partial charge in [0, 0.05) is 11.9 Å². The fraction of sp³-hybridized carbons (Fsp3) is 0.111. The maximum atomic E-state index is 12.5. The Bertz CT molecular complexity index is 274. The Hall–Kier alpha value is -0.890. The molecule has 0 heterocycles. The lowest BCUT2D eigenvalue weighted by atomic mass is 10.2. The molecule has 1 aromatic rings. The van der Waals surface area contributed by atoms with E-state index in [0.717, 1.165) is 6.07 Å². The number of alkyl halides is 1. The minimum absolute atomic E-state index is 0.331. The van der Waals surface area contributed by atoms with E-state index in [9.17, 15) is 8.78 Å². The number of halogens is 3. The molecule has 12 heavy (non-hydrogen) atoms. The van der Waals surface area contributed by atoms with Crippen LogP contribution in [-0.2, 0) is 0 Å². The molecule has 0 spiro atoms. The molecule has 0 aromatic heterocycles. The quantitative estimate of drug-likeness (QED) is 0.626. The van der Waals surface area contributed by atoms with Crippen LogP contribution in [0.4, 0.5) is 8.78 Å². The summed E-state index contributed by atoms with van der Waals surface area (Å²) in [5.41, 5.74) is 0.480. The summed E-state index contributed by atoms with van der Waals surface area (Å²) in [6.45, 7) is 0. The molecule has 0 fully saturated rings. The van der Waals surface area contributed by atoms with Crippen LogP contribution in [0.25, 0.3) is 6.08 Å². The average molecular weight is 189 g/mol. The lowest BCUT2D eigenvalue weighted by Crippen LogP contribution is -1.81. The fourth-order valence-corrected chi connectivity index (χ4v) is 0.941. The van der Waals surface area contributed by atoms with Crippen LogP contribution in [0.15, 0.2) is 24.3 Å². The second kappa shape index (κ2) is 4.21. The van der Waals surface area contributed by atoms with Crippen LogP contribution in [0, 0.1) is 11.6 Å². The van der Waals surface area contributed by atoms with E-state index in [1.165, 1.54) is 12.1 Å². The second-order valence-electron chi connectivity index (χ2n) is 2.26. The monoisotopic (exact) mass is 188 g/mol. The van der Waals surface area contributed by atoms with E-state index in [4.69, 9.17) is 11.6 Å². The SMILES string of the molecule is Fc1cc(F)cc(C=CCCl)c1. The van der Waals surface area contributed by atoms with Gasteiger partial charge in [-0.15, -0.1) is 11.6 Å². The van der Waals surface area contributed by atoms with E-state index in [-0.39, 0.29) is 0 Å². The third-order valence-corrected chi connectivity index (χ3v) is 1.46. The van der Waals surface area contributed by atoms with Crippen molar-refractivity contribution in [2.45, 2.75) is 0 Å². The normalized spacial score (nSPS) is 10.9. The van der Waals surface area contributed by atoms with E-state index >= 15 is 0 Å². The maximum Gasteiger partial charge on any atom is 0.126 e. The number of benzene rings is 1. The van der Waals surface area contributed by atoms with Crippen molar-refractivity contribution in [3.05, 3.63) is 41.5 Å². The Morgan fingerprint density at radius 3 is 2.25 bits per heavy atom. The van der Waals surface area contributed by atoms with E-state index in [0.29, 0.717) is 11.4 Å². The Kier molecular flexibility index (Phi) is 3.23. The lowest BCUT2D eigenvalue weighted by Gasteiger charge is -1.94. The zero-order valence-electron chi connectivity index (χ0n) is 6.23. The highest BCUT2D eigenvalue weighted by molar-refractivity contribution is 6.19. The van der Waals surface area contributed by atoms with Gasteiger partial charge in [0.1, 0.15) is 11.6 Å². The molecule has 0 aliphatic rings. The summed E-state index contributed by atoms with van der Waals surface area (Å²) in [5.74, 6) is -0.827. The standard InChI is InChI=1S/C9H7ClF2/c10-3-1-2-7-4-8(11)6-9(12)5-7/h1-2,4-6H,3H2. The molecular formula is C9H7ClF2. The summed E-state index contributed by atoms with van der Waals surface area (Å²) in [4.78, 5) is 0. The third-order valence-electron chi connectivity index (χ3n) is 1.28. The van der Waals surface area contributed by atoms with Gasteiger partial charge in [-0.05, 0) is 17.7 Å². The highest BCUT2D eigenvalue weighted by Gasteiger charge is 1.96. The van der Waals surface area contributed by atoms with Crippen molar-refractivity contribution >= 4 is 17.7 Å². The number of rotatable bonds is 2. The molecule has 0 aliphatic heterocycles. The highest BCUT2D eigenvalue weighted by Crippen LogP contribution is 2.09. The Balaban J connectivity index is 2.93. The average Bonchev–Trinajstić information content (AvgIpc) is 1.99. The minimum Gasteiger partial charge on any atom is -0.207 e. The summed E-state index contributed by atoms with van der Waals surface area (Å²) in [6.07, 6.45) is 3.19. The van der Waals surface area contributed by atoms with Crippen molar-refractivity contribution in [1.82, 2.24) is 0 Å². The number of allylic oxidation sites excluding steroid dienone is 1. The van der Waals surface area contributed by atoms with Crippen LogP contribution >= 0.6 is 11.6 Å². The van der Waals surface area contributed by atoms with Crippen LogP contribution in [0.1, 0.15) is 5.56 Å². The van der Waals surface area contributed by atoms with Crippen molar-refractivity contribution in [3.8, 4) is 0 Å². The van der Waals surface area contributed by atoms with Gasteiger partial charge in [0.05, 0.1) is 0 Å². The molecule has 0 bridgehead atoms. The Morgan fingerprint density at radius 1 is 1.17 bits per heavy atom. The van der Waals surface area contributed by atoms with Crippen LogP contribution in [0.3, 0.4) is 0 Å². The van der Waals surface area contributed by atoms with Crippen LogP contribution in [0.5, 0.6) is 0 Å². The first kappa shape index (κ1) is 9.20. The second-order valence-corrected chi connectivity index (χ2v) is 2.57. The van der Waals surface area contributed by atoms with Crippen LogP contribution < -0.4 is 0 Å². The van der Waals surface area contributed by atoms with Gasteiger partial charge >= 0.3 is 0 Å². The minimum atomic E-state index is -0.579. The van der Waals surface area contributed by atoms with E-state index in [1.807, 2.05) is 0 Å². The summed E-state index contributed by atoms with van der Waals surface area (Å²) in [6, 6.07) is 3.32. The number of hydrogen-bond donors (Lipinski definition) is 0. The zero-order chi connectivity index (χ0) is 8.97. The van der Waals surface area contributed by atoms with Crippen LogP contribution in [-0.4, -0.2) is 5.88 Å². The zero-order valence-corrected chi connectivity index (χ0v) is 6.98. The van der Waals surface area contributed by atoms with Crippen molar-refractivity contribution in [2.75, 3.05) is 5.88 Å². The predicted octanol–water partition coefficient (Wildman–Crippen LogP) is 3.22. The van der Waals surface area contributed by atoms with Gasteiger partial charge in [-0.2, -0.15) is 0 Å². The van der Waals surface area contributed by atoms with Crippen molar-refractivity contribution in [2.24, 2.45) is 0 Å². The van der Waals surface area contributed by atoms with Crippen molar-refractivity contribution in [3.63, 3.8) is 0 Å². The summed E-state index contributed by atoms with van der Waals surface area (Å²) < 4.78 is 25.1. The first-order valence-electron chi connectivity index (χ1n) is 3.41. The van der Waals surface area contributed by atoms with E-state index < -0.39 is 11.6 Å². The predicted molar refractivity (Wildman–Crippen MR) is 46.1 cm³/mol. The van der Waals surface area contributed by atoms with Gasteiger partial charge in [0.2, 0.25) is 0 Å². The molecule has 0 saturated carbocycles. The van der Waals surface area contributed by atoms with Crippen molar-refractivity contribution in [1.29, 1.82) is 0 Å². The van der Waals surface area contributed by atoms with Gasteiger partial charge in [-0.1, -0.05) is 12.2 Å². The Labute approximate surface area is 74.5 Å². The molecule has 0 saturated heterocycles. The van der Waals surface area contributed by atoms with E-state index in [2.05, 4.69) is 0 Å². The maximum absolute atomic E-state index is 12.5. The van der Waals surface area contributed by atoms with Gasteiger partial charge in [-0.3, -0.25) is 0 Å². The number of hydrogen-bond acceptors (Lipinski definition) is 0. The van der Waals surface area contributed by atoms with Gasteiger partial charge in [-0.25, -0.2) is 8.78 Å². The molecular weight excluding hydrogens is 182 g/mol. The fourth-order valence-electron chi connectivity index (χ4n) is 0.852. The lowest BCUT2D eigenvalue weighted by molar-refractivity contribution is 0.583. The molecule has 0 nitrogen and oxygen atoms in total. The summed E-state index contributed by atoms with van der Waals surface area (Å²) >= 11 is 5.36. The molecule has 1 rings (SSSR count). The van der Waals surface area contributed by atoms with Gasteiger partial charge in [0.25, 0.3) is 0 Å². The molecule has 0 radical (unpaired) electrons. The van der Waals surface area contributed by atoms with Crippen molar-refractivity contribution < 1.29 is 8.78 Å². The Morgan fingerprint density at radius 2 is 1.75 bits per heavy atom. The summed E-state index contributed by atoms with van der Waals surface area (Å²) in [5, 5.41) is 0. The molecule has 0 atom stereocenters. The molecule has 64 valence electrons. The molecule has 0 amide bonds. The summed E-state index contributed by atoms with van der Waals surface area (Å²) in [7, 11) is 0. The van der Waals surface area contributed by atoms with Gasteiger partial charge < -0.3 is 0 Å². The van der Waals surface area contributed by atoms with Gasteiger partial charge in [0.15, 0.2) is 0 Å². The van der Waals surface area contributed by atoms with Crippen LogP contribution in [0.2, 0.25) is 0 Å². The van der Waals surface area contributed by atoms with E-state index in [1.54, 1.807) is 12.2 Å². The topological polar surface area (TPSA) is 0 Å². The molecule has 0 unspecified atom stereocenters. The molecule has 3 heteroatoms. The smallest absolute Gasteiger partial charge is 0.126 e. The molecule has 0 N–H and O–H groups in total. The molecule has 0 aliphatic carbocycles. The largest absolute Gasteiger partial charge is 0.207 e. The molecule has 1 aromatic carbocycles.